The molecule has 2 heteroatoms. The Balaban J connectivity index is 1.78. The highest BCUT2D eigenvalue weighted by Crippen LogP contribution is 2.21. The molecule has 20 heavy (non-hydrogen) atoms. The second-order valence-electron chi connectivity index (χ2n) is 4.63. The standard InChI is InChI=1S/C18H16N2/c1-3-9-16(10-4-1)19-14-15-8-7-13-18(15)20-17-11-5-2-6-12-17/h1-12,14,20H,13H2. The van der Waals surface area contributed by atoms with E-state index in [0.29, 0.717) is 0 Å². The summed E-state index contributed by atoms with van der Waals surface area (Å²) in [5.74, 6) is 0. The average molecular weight is 260 g/mol. The molecule has 3 rings (SSSR count). The van der Waals surface area contributed by atoms with Crippen molar-refractivity contribution in [3.8, 4) is 0 Å². The van der Waals surface area contributed by atoms with E-state index in [-0.39, 0.29) is 0 Å². The fraction of sp³-hybridized carbons (Fsp3) is 0.0556. The number of hydrogen-bond acceptors (Lipinski definition) is 2. The Bertz CT molecular complexity index is 652. The van der Waals surface area contributed by atoms with Gasteiger partial charge < -0.3 is 5.32 Å². The van der Waals surface area contributed by atoms with E-state index in [1.807, 2.05) is 54.7 Å². The van der Waals surface area contributed by atoms with Crippen molar-refractivity contribution in [2.45, 2.75) is 6.42 Å². The molecule has 0 amide bonds. The highest BCUT2D eigenvalue weighted by Gasteiger charge is 2.07. The fourth-order valence-electron chi connectivity index (χ4n) is 2.12. The summed E-state index contributed by atoms with van der Waals surface area (Å²) in [6.07, 6.45) is 7.10. The van der Waals surface area contributed by atoms with E-state index in [0.717, 1.165) is 23.4 Å². The fourth-order valence-corrected chi connectivity index (χ4v) is 2.12. The molecule has 2 aromatic rings. The van der Waals surface area contributed by atoms with Gasteiger partial charge in [-0.05, 0) is 24.3 Å². The monoisotopic (exact) mass is 260 g/mol. The molecule has 1 N–H and O–H groups in total. The normalized spacial score (nSPS) is 14.2. The highest BCUT2D eigenvalue weighted by molar-refractivity contribution is 5.87. The molecule has 0 aromatic heterocycles. The van der Waals surface area contributed by atoms with Gasteiger partial charge in [-0.25, -0.2) is 0 Å². The predicted octanol–water partition coefficient (Wildman–Crippen LogP) is 4.72. The van der Waals surface area contributed by atoms with Gasteiger partial charge in [0.15, 0.2) is 0 Å². The summed E-state index contributed by atoms with van der Waals surface area (Å²) >= 11 is 0. The van der Waals surface area contributed by atoms with E-state index < -0.39 is 0 Å². The van der Waals surface area contributed by atoms with Gasteiger partial charge in [-0.3, -0.25) is 4.99 Å². The van der Waals surface area contributed by atoms with Crippen LogP contribution in [0.5, 0.6) is 0 Å². The van der Waals surface area contributed by atoms with E-state index in [9.17, 15) is 0 Å². The number of anilines is 1. The summed E-state index contributed by atoms with van der Waals surface area (Å²) in [6, 6.07) is 20.2. The number of rotatable bonds is 4. The minimum atomic E-state index is 0.922. The van der Waals surface area contributed by atoms with Crippen LogP contribution in [0, 0.1) is 0 Å². The molecular weight excluding hydrogens is 244 g/mol. The van der Waals surface area contributed by atoms with E-state index >= 15 is 0 Å². The Kier molecular flexibility index (Phi) is 3.74. The van der Waals surface area contributed by atoms with Gasteiger partial charge in [-0.1, -0.05) is 48.6 Å². The van der Waals surface area contributed by atoms with Crippen molar-refractivity contribution in [2.24, 2.45) is 4.99 Å². The molecule has 0 unspecified atom stereocenters. The van der Waals surface area contributed by atoms with Gasteiger partial charge in [0.1, 0.15) is 0 Å². The molecule has 0 heterocycles. The Morgan fingerprint density at radius 3 is 2.35 bits per heavy atom. The van der Waals surface area contributed by atoms with Gasteiger partial charge in [-0.2, -0.15) is 0 Å². The lowest BCUT2D eigenvalue weighted by atomic mass is 10.2. The zero-order chi connectivity index (χ0) is 13.6. The molecule has 0 radical (unpaired) electrons. The number of nitrogens with zero attached hydrogens (tertiary/aromatic N) is 1. The van der Waals surface area contributed by atoms with Crippen LogP contribution in [0.4, 0.5) is 11.4 Å². The van der Waals surface area contributed by atoms with Crippen LogP contribution in [0.1, 0.15) is 6.42 Å². The van der Waals surface area contributed by atoms with E-state index in [1.165, 1.54) is 5.70 Å². The Labute approximate surface area is 119 Å². The first kappa shape index (κ1) is 12.4. The minimum absolute atomic E-state index is 0.922. The molecular formula is C18H16N2. The first-order valence-corrected chi connectivity index (χ1v) is 6.73. The summed E-state index contributed by atoms with van der Waals surface area (Å²) < 4.78 is 0. The van der Waals surface area contributed by atoms with Gasteiger partial charge in [0.25, 0.3) is 0 Å². The molecule has 0 saturated carbocycles. The zero-order valence-electron chi connectivity index (χ0n) is 11.2. The van der Waals surface area contributed by atoms with Crippen molar-refractivity contribution in [2.75, 3.05) is 5.32 Å². The number of allylic oxidation sites excluding steroid dienone is 3. The quantitative estimate of drug-likeness (QED) is 0.791. The highest BCUT2D eigenvalue weighted by atomic mass is 14.9. The molecule has 0 atom stereocenters. The summed E-state index contributed by atoms with van der Waals surface area (Å²) in [7, 11) is 0. The molecule has 1 aliphatic rings. The number of aliphatic imine (C=N–C) groups is 1. The number of para-hydroxylation sites is 2. The minimum Gasteiger partial charge on any atom is -0.358 e. The van der Waals surface area contributed by atoms with Crippen molar-refractivity contribution in [3.05, 3.63) is 84.1 Å². The van der Waals surface area contributed by atoms with Crippen LogP contribution >= 0.6 is 0 Å². The lowest BCUT2D eigenvalue weighted by molar-refractivity contribution is 1.24. The van der Waals surface area contributed by atoms with Gasteiger partial charge in [0.05, 0.1) is 5.69 Å². The second kappa shape index (κ2) is 6.02. The van der Waals surface area contributed by atoms with E-state index in [2.05, 4.69) is 34.6 Å². The Hall–Kier alpha value is -2.61. The summed E-state index contributed by atoms with van der Waals surface area (Å²) in [5.41, 5.74) is 4.41. The van der Waals surface area contributed by atoms with Crippen molar-refractivity contribution < 1.29 is 0 Å². The molecule has 0 spiro atoms. The predicted molar refractivity (Wildman–Crippen MR) is 85.4 cm³/mol. The third kappa shape index (κ3) is 3.04. The van der Waals surface area contributed by atoms with Crippen LogP contribution in [0.25, 0.3) is 0 Å². The summed E-state index contributed by atoms with van der Waals surface area (Å²) in [4.78, 5) is 4.51. The second-order valence-corrected chi connectivity index (χ2v) is 4.63. The lowest BCUT2D eigenvalue weighted by Crippen LogP contribution is -2.00. The third-order valence-electron chi connectivity index (χ3n) is 3.15. The van der Waals surface area contributed by atoms with Crippen LogP contribution in [0.3, 0.4) is 0 Å². The first-order valence-electron chi connectivity index (χ1n) is 6.73. The third-order valence-corrected chi connectivity index (χ3v) is 3.15. The average Bonchev–Trinajstić information content (AvgIpc) is 2.94. The molecule has 2 nitrogen and oxygen atoms in total. The first-order chi connectivity index (χ1) is 9.92. The van der Waals surface area contributed by atoms with Crippen LogP contribution < -0.4 is 5.32 Å². The SMILES string of the molecule is C1=CC(C=Nc2ccccc2)=C(Nc2ccccc2)C1. The topological polar surface area (TPSA) is 24.4 Å². The number of nitrogens with one attached hydrogen (secondary N) is 1. The van der Waals surface area contributed by atoms with Gasteiger partial charge in [0.2, 0.25) is 0 Å². The smallest absolute Gasteiger partial charge is 0.0629 e. The lowest BCUT2D eigenvalue weighted by Gasteiger charge is -2.08. The van der Waals surface area contributed by atoms with E-state index in [1.54, 1.807) is 0 Å². The Morgan fingerprint density at radius 2 is 1.60 bits per heavy atom. The molecule has 1 aliphatic carbocycles. The van der Waals surface area contributed by atoms with Crippen LogP contribution in [0.15, 0.2) is 89.1 Å². The maximum atomic E-state index is 4.51. The van der Waals surface area contributed by atoms with Crippen LogP contribution in [-0.4, -0.2) is 6.21 Å². The maximum absolute atomic E-state index is 4.51. The molecule has 2 aromatic carbocycles. The van der Waals surface area contributed by atoms with Gasteiger partial charge in [-0.15, -0.1) is 0 Å². The number of hydrogen-bond donors (Lipinski definition) is 1. The van der Waals surface area contributed by atoms with Crippen LogP contribution in [-0.2, 0) is 0 Å². The van der Waals surface area contributed by atoms with Gasteiger partial charge in [0, 0.05) is 29.6 Å². The largest absolute Gasteiger partial charge is 0.358 e. The molecule has 0 bridgehead atoms. The Morgan fingerprint density at radius 1 is 0.900 bits per heavy atom. The molecule has 0 saturated heterocycles. The van der Waals surface area contributed by atoms with Crippen molar-refractivity contribution in [1.29, 1.82) is 0 Å². The van der Waals surface area contributed by atoms with Crippen LogP contribution in [0.2, 0.25) is 0 Å². The number of benzene rings is 2. The van der Waals surface area contributed by atoms with Crippen molar-refractivity contribution in [1.82, 2.24) is 0 Å². The van der Waals surface area contributed by atoms with E-state index in [4.69, 9.17) is 0 Å². The van der Waals surface area contributed by atoms with Crippen molar-refractivity contribution in [3.63, 3.8) is 0 Å². The van der Waals surface area contributed by atoms with Gasteiger partial charge >= 0.3 is 0 Å². The van der Waals surface area contributed by atoms with Crippen molar-refractivity contribution >= 4 is 17.6 Å². The maximum Gasteiger partial charge on any atom is 0.0629 e. The summed E-state index contributed by atoms with van der Waals surface area (Å²) in [6.45, 7) is 0. The molecule has 98 valence electrons. The zero-order valence-corrected chi connectivity index (χ0v) is 11.2. The summed E-state index contributed by atoms with van der Waals surface area (Å²) in [5, 5.41) is 3.45. The molecule has 0 aliphatic heterocycles. The molecule has 0 fully saturated rings.